The van der Waals surface area contributed by atoms with E-state index in [9.17, 15) is 9.59 Å². The standard InChI is InChI=1S/C21H32O4/c1-15-7-8-16-18(2,14-22)9-6-10-20(16,4)21(15)12-11-19(3,25-21)13-17(23)24-5/h7,14,16H,6,8-13H2,1-5H3. The predicted molar refractivity (Wildman–Crippen MR) is 96.1 cm³/mol. The summed E-state index contributed by atoms with van der Waals surface area (Å²) in [6.07, 6.45) is 9.51. The van der Waals surface area contributed by atoms with Crippen molar-refractivity contribution in [3.63, 3.8) is 0 Å². The summed E-state index contributed by atoms with van der Waals surface area (Å²) >= 11 is 0. The first-order valence-electron chi connectivity index (χ1n) is 9.55. The van der Waals surface area contributed by atoms with Gasteiger partial charge in [0, 0.05) is 10.8 Å². The van der Waals surface area contributed by atoms with Crippen LogP contribution in [0.2, 0.25) is 0 Å². The first kappa shape index (κ1) is 18.6. The van der Waals surface area contributed by atoms with Gasteiger partial charge in [0.2, 0.25) is 0 Å². The molecule has 25 heavy (non-hydrogen) atoms. The van der Waals surface area contributed by atoms with Crippen LogP contribution in [0.15, 0.2) is 11.6 Å². The van der Waals surface area contributed by atoms with Crippen molar-refractivity contribution in [3.8, 4) is 0 Å². The van der Waals surface area contributed by atoms with Crippen LogP contribution in [0.4, 0.5) is 0 Å². The number of hydrogen-bond donors (Lipinski definition) is 0. The Morgan fingerprint density at radius 3 is 2.64 bits per heavy atom. The van der Waals surface area contributed by atoms with E-state index in [1.807, 2.05) is 6.92 Å². The van der Waals surface area contributed by atoms with E-state index in [1.54, 1.807) is 0 Å². The van der Waals surface area contributed by atoms with Crippen LogP contribution >= 0.6 is 0 Å². The second-order valence-electron chi connectivity index (χ2n) is 9.20. The van der Waals surface area contributed by atoms with Crippen LogP contribution in [-0.2, 0) is 19.1 Å². The lowest BCUT2D eigenvalue weighted by molar-refractivity contribution is -0.193. The molecule has 140 valence electrons. The topological polar surface area (TPSA) is 52.6 Å². The lowest BCUT2D eigenvalue weighted by Crippen LogP contribution is -2.60. The van der Waals surface area contributed by atoms with Crippen molar-refractivity contribution < 1.29 is 19.1 Å². The Balaban J connectivity index is 2.00. The highest BCUT2D eigenvalue weighted by atomic mass is 16.5. The molecule has 0 aromatic rings. The highest BCUT2D eigenvalue weighted by Crippen LogP contribution is 2.66. The van der Waals surface area contributed by atoms with Gasteiger partial charge in [-0.05, 0) is 57.4 Å². The van der Waals surface area contributed by atoms with E-state index in [1.165, 1.54) is 19.0 Å². The largest absolute Gasteiger partial charge is 0.469 e. The minimum atomic E-state index is -0.498. The Labute approximate surface area is 151 Å². The maximum absolute atomic E-state index is 12.0. The van der Waals surface area contributed by atoms with E-state index >= 15 is 0 Å². The normalized spacial score (nSPS) is 46.4. The number of methoxy groups -OCH3 is 1. The SMILES string of the molecule is COC(=O)CC1(C)CCC2(O1)C(C)=CCC1C(C)(C=O)CCCC12C. The molecule has 0 amide bonds. The molecule has 3 rings (SSSR count). The van der Waals surface area contributed by atoms with Crippen molar-refractivity contribution >= 4 is 12.3 Å². The summed E-state index contributed by atoms with van der Waals surface area (Å²) in [5.74, 6) is 0.0653. The number of rotatable bonds is 3. The average molecular weight is 348 g/mol. The first-order chi connectivity index (χ1) is 11.6. The monoisotopic (exact) mass is 348 g/mol. The van der Waals surface area contributed by atoms with Crippen molar-refractivity contribution in [1.29, 1.82) is 0 Å². The molecule has 3 aliphatic rings. The molecule has 1 saturated carbocycles. The van der Waals surface area contributed by atoms with Crippen LogP contribution in [0.3, 0.4) is 0 Å². The fourth-order valence-electron chi connectivity index (χ4n) is 6.12. The molecule has 5 atom stereocenters. The maximum atomic E-state index is 12.0. The van der Waals surface area contributed by atoms with Gasteiger partial charge in [-0.15, -0.1) is 0 Å². The van der Waals surface area contributed by atoms with Crippen molar-refractivity contribution in [2.24, 2.45) is 16.7 Å². The number of allylic oxidation sites excluding steroid dienone is 1. The lowest BCUT2D eigenvalue weighted by atomic mass is 9.46. The van der Waals surface area contributed by atoms with Gasteiger partial charge in [-0.25, -0.2) is 0 Å². The molecule has 4 heteroatoms. The minimum absolute atomic E-state index is 0.0758. The molecule has 2 aliphatic carbocycles. The zero-order valence-corrected chi connectivity index (χ0v) is 16.3. The Morgan fingerprint density at radius 1 is 1.28 bits per heavy atom. The first-order valence-corrected chi connectivity index (χ1v) is 9.55. The van der Waals surface area contributed by atoms with Gasteiger partial charge in [0.15, 0.2) is 0 Å². The molecule has 1 saturated heterocycles. The molecule has 2 fully saturated rings. The third-order valence-electron chi connectivity index (χ3n) is 7.64. The molecule has 0 N–H and O–H groups in total. The summed E-state index contributed by atoms with van der Waals surface area (Å²) in [5.41, 5.74) is 0.0380. The van der Waals surface area contributed by atoms with Crippen LogP contribution < -0.4 is 0 Å². The molecular weight excluding hydrogens is 316 g/mol. The van der Waals surface area contributed by atoms with E-state index in [-0.39, 0.29) is 34.7 Å². The van der Waals surface area contributed by atoms with Crippen molar-refractivity contribution in [3.05, 3.63) is 11.6 Å². The summed E-state index contributed by atoms with van der Waals surface area (Å²) in [6, 6.07) is 0. The second kappa shape index (κ2) is 5.94. The molecule has 5 unspecified atom stereocenters. The third kappa shape index (κ3) is 2.59. The maximum Gasteiger partial charge on any atom is 0.308 e. The van der Waals surface area contributed by atoms with Crippen LogP contribution in [-0.4, -0.2) is 30.6 Å². The van der Waals surface area contributed by atoms with E-state index in [4.69, 9.17) is 9.47 Å². The Bertz CT molecular complexity index is 611. The second-order valence-corrected chi connectivity index (χ2v) is 9.20. The number of fused-ring (bicyclic) bond motifs is 2. The van der Waals surface area contributed by atoms with Gasteiger partial charge < -0.3 is 14.3 Å². The van der Waals surface area contributed by atoms with Crippen LogP contribution in [0.25, 0.3) is 0 Å². The zero-order chi connectivity index (χ0) is 18.5. The number of carbonyl (C=O) groups is 2. The van der Waals surface area contributed by atoms with Gasteiger partial charge in [0.05, 0.1) is 24.7 Å². The molecule has 0 aromatic heterocycles. The molecule has 0 radical (unpaired) electrons. The summed E-state index contributed by atoms with van der Waals surface area (Å²) in [5, 5.41) is 0. The highest BCUT2D eigenvalue weighted by molar-refractivity contribution is 5.70. The molecule has 1 aliphatic heterocycles. The van der Waals surface area contributed by atoms with Crippen molar-refractivity contribution in [2.45, 2.75) is 83.8 Å². The minimum Gasteiger partial charge on any atom is -0.469 e. The van der Waals surface area contributed by atoms with Crippen molar-refractivity contribution in [2.75, 3.05) is 7.11 Å². The van der Waals surface area contributed by atoms with E-state index in [0.717, 1.165) is 38.5 Å². The molecule has 4 nitrogen and oxygen atoms in total. The summed E-state index contributed by atoms with van der Waals surface area (Å²) in [6.45, 7) is 8.63. The number of hydrogen-bond acceptors (Lipinski definition) is 4. The van der Waals surface area contributed by atoms with Gasteiger partial charge in [0.25, 0.3) is 0 Å². The molecular formula is C21H32O4. The van der Waals surface area contributed by atoms with Crippen LogP contribution in [0, 0.1) is 16.7 Å². The van der Waals surface area contributed by atoms with E-state index in [0.29, 0.717) is 0 Å². The average Bonchev–Trinajstić information content (AvgIpc) is 2.92. The highest BCUT2D eigenvalue weighted by Gasteiger charge is 2.65. The van der Waals surface area contributed by atoms with Crippen LogP contribution in [0.5, 0.6) is 0 Å². The van der Waals surface area contributed by atoms with Gasteiger partial charge in [-0.1, -0.05) is 26.3 Å². The number of aldehydes is 1. The molecule has 0 aromatic carbocycles. The Hall–Kier alpha value is -1.16. The Kier molecular flexibility index (Phi) is 4.42. The summed E-state index contributed by atoms with van der Waals surface area (Å²) < 4.78 is 11.7. The lowest BCUT2D eigenvalue weighted by Gasteiger charge is -2.60. The Morgan fingerprint density at radius 2 is 2.00 bits per heavy atom. The van der Waals surface area contributed by atoms with Gasteiger partial charge >= 0.3 is 5.97 Å². The molecule has 1 heterocycles. The van der Waals surface area contributed by atoms with Crippen molar-refractivity contribution in [1.82, 2.24) is 0 Å². The number of esters is 1. The summed E-state index contributed by atoms with van der Waals surface area (Å²) in [7, 11) is 1.43. The van der Waals surface area contributed by atoms with E-state index in [2.05, 4.69) is 26.8 Å². The van der Waals surface area contributed by atoms with E-state index < -0.39 is 5.60 Å². The van der Waals surface area contributed by atoms with Gasteiger partial charge in [0.1, 0.15) is 6.29 Å². The number of ether oxygens (including phenoxy) is 2. The quantitative estimate of drug-likeness (QED) is 0.435. The third-order valence-corrected chi connectivity index (χ3v) is 7.64. The fourth-order valence-corrected chi connectivity index (χ4v) is 6.12. The smallest absolute Gasteiger partial charge is 0.308 e. The molecule has 0 bridgehead atoms. The zero-order valence-electron chi connectivity index (χ0n) is 16.3. The summed E-state index contributed by atoms with van der Waals surface area (Å²) in [4.78, 5) is 23.8. The van der Waals surface area contributed by atoms with Gasteiger partial charge in [-0.3, -0.25) is 4.79 Å². The number of carbonyl (C=O) groups excluding carboxylic acids is 2. The predicted octanol–water partition coefficient (Wildman–Crippen LogP) is 4.22. The van der Waals surface area contributed by atoms with Gasteiger partial charge in [-0.2, -0.15) is 0 Å². The fraction of sp³-hybridized carbons (Fsp3) is 0.810. The van der Waals surface area contributed by atoms with Crippen LogP contribution in [0.1, 0.15) is 72.6 Å². The molecule has 1 spiro atoms.